The molecule has 0 radical (unpaired) electrons. The average molecular weight is 441 g/mol. The molecule has 2 atom stereocenters. The number of halogens is 1. The molecule has 1 aliphatic rings. The first kappa shape index (κ1) is 22.8. The number of carbonyl (C=O) groups excluding carboxylic acids is 2. The van der Waals surface area contributed by atoms with Crippen molar-refractivity contribution in [2.75, 3.05) is 5.32 Å². The van der Waals surface area contributed by atoms with Gasteiger partial charge in [0.05, 0.1) is 6.21 Å². The van der Waals surface area contributed by atoms with E-state index in [9.17, 15) is 9.59 Å². The monoisotopic (exact) mass is 440 g/mol. The van der Waals surface area contributed by atoms with E-state index in [1.165, 1.54) is 12.6 Å². The first-order valence-electron chi connectivity index (χ1n) is 10.6. The van der Waals surface area contributed by atoms with Gasteiger partial charge in [0.15, 0.2) is 0 Å². The van der Waals surface area contributed by atoms with Crippen molar-refractivity contribution in [1.82, 2.24) is 10.7 Å². The fourth-order valence-electron chi connectivity index (χ4n) is 3.75. The number of rotatable bonds is 5. The molecule has 3 N–H and O–H groups in total. The van der Waals surface area contributed by atoms with Gasteiger partial charge in [0.25, 0.3) is 0 Å². The molecule has 0 aromatic heterocycles. The second-order valence-corrected chi connectivity index (χ2v) is 8.65. The van der Waals surface area contributed by atoms with Crippen LogP contribution in [-0.4, -0.2) is 24.1 Å². The summed E-state index contributed by atoms with van der Waals surface area (Å²) in [6.07, 6.45) is 5.69. The molecule has 0 spiro atoms. The fraction of sp³-hybridized carbons (Fsp3) is 0.375. The number of hydrazone groups is 1. The largest absolute Gasteiger partial charge is 0.355 e. The molecule has 3 rings (SSSR count). The number of anilines is 2. The molecule has 0 bridgehead atoms. The summed E-state index contributed by atoms with van der Waals surface area (Å²) in [5, 5.41) is 10.7. The summed E-state index contributed by atoms with van der Waals surface area (Å²) in [6, 6.07) is 11.6. The van der Waals surface area contributed by atoms with Gasteiger partial charge in [0.2, 0.25) is 0 Å². The van der Waals surface area contributed by atoms with E-state index in [2.05, 4.69) is 40.2 Å². The SMILES string of the molecule is Cc1ccc(C)c(Nc2ccc(Cl)cc2/C=N\NC(=O)C(=O)N[C@@H]2CCCC[C@@H]2C)c1. The van der Waals surface area contributed by atoms with Crippen molar-refractivity contribution in [2.45, 2.75) is 52.5 Å². The van der Waals surface area contributed by atoms with Crippen LogP contribution in [0.5, 0.6) is 0 Å². The van der Waals surface area contributed by atoms with Crippen molar-refractivity contribution in [1.29, 1.82) is 0 Å². The van der Waals surface area contributed by atoms with E-state index in [0.29, 0.717) is 16.5 Å². The smallest absolute Gasteiger partial charge is 0.329 e. The third-order valence-corrected chi connectivity index (χ3v) is 5.92. The predicted octanol–water partition coefficient (Wildman–Crippen LogP) is 4.85. The molecule has 0 aliphatic heterocycles. The van der Waals surface area contributed by atoms with Crippen LogP contribution in [0.2, 0.25) is 5.02 Å². The van der Waals surface area contributed by atoms with Gasteiger partial charge in [-0.15, -0.1) is 0 Å². The quantitative estimate of drug-likeness (QED) is 0.353. The van der Waals surface area contributed by atoms with Gasteiger partial charge in [-0.2, -0.15) is 5.10 Å². The van der Waals surface area contributed by atoms with Crippen molar-refractivity contribution in [3.05, 3.63) is 58.1 Å². The molecule has 0 unspecified atom stereocenters. The first-order chi connectivity index (χ1) is 14.8. The number of nitrogens with one attached hydrogen (secondary N) is 3. The molecular formula is C24H29ClN4O2. The summed E-state index contributed by atoms with van der Waals surface area (Å²) in [4.78, 5) is 24.4. The summed E-state index contributed by atoms with van der Waals surface area (Å²) in [7, 11) is 0. The number of hydrogen-bond acceptors (Lipinski definition) is 4. The average Bonchev–Trinajstić information content (AvgIpc) is 2.74. The van der Waals surface area contributed by atoms with Crippen LogP contribution in [0.1, 0.15) is 49.3 Å². The van der Waals surface area contributed by atoms with Crippen LogP contribution < -0.4 is 16.1 Å². The molecule has 0 heterocycles. The number of nitrogens with zero attached hydrogens (tertiary/aromatic N) is 1. The van der Waals surface area contributed by atoms with Crippen LogP contribution in [0.3, 0.4) is 0 Å². The Hall–Kier alpha value is -2.86. The number of hydrogen-bond donors (Lipinski definition) is 3. The maximum absolute atomic E-state index is 12.2. The van der Waals surface area contributed by atoms with Crippen LogP contribution in [0.15, 0.2) is 41.5 Å². The zero-order valence-electron chi connectivity index (χ0n) is 18.2. The van der Waals surface area contributed by atoms with Crippen LogP contribution in [-0.2, 0) is 9.59 Å². The minimum atomic E-state index is -0.778. The summed E-state index contributed by atoms with van der Waals surface area (Å²) in [5.41, 5.74) is 7.01. The maximum Gasteiger partial charge on any atom is 0.329 e. The lowest BCUT2D eigenvalue weighted by molar-refractivity contribution is -0.139. The minimum absolute atomic E-state index is 0.0391. The molecule has 1 saturated carbocycles. The second kappa shape index (κ2) is 10.4. The molecule has 2 aromatic rings. The lowest BCUT2D eigenvalue weighted by Gasteiger charge is -2.29. The zero-order valence-corrected chi connectivity index (χ0v) is 18.9. The molecule has 2 amide bonds. The van der Waals surface area contributed by atoms with Crippen LogP contribution in [0, 0.1) is 19.8 Å². The first-order valence-corrected chi connectivity index (χ1v) is 11.0. The molecule has 164 valence electrons. The van der Waals surface area contributed by atoms with E-state index < -0.39 is 11.8 Å². The lowest BCUT2D eigenvalue weighted by Crippen LogP contribution is -2.46. The van der Waals surface area contributed by atoms with E-state index in [1.807, 2.05) is 26.0 Å². The van der Waals surface area contributed by atoms with Gasteiger partial charge >= 0.3 is 11.8 Å². The maximum atomic E-state index is 12.2. The van der Waals surface area contributed by atoms with Crippen molar-refractivity contribution >= 4 is 41.0 Å². The van der Waals surface area contributed by atoms with E-state index >= 15 is 0 Å². The Morgan fingerprint density at radius 3 is 2.58 bits per heavy atom. The Morgan fingerprint density at radius 1 is 1.03 bits per heavy atom. The van der Waals surface area contributed by atoms with Gasteiger partial charge in [0, 0.05) is 28.0 Å². The van der Waals surface area contributed by atoms with Gasteiger partial charge in [-0.3, -0.25) is 9.59 Å². The van der Waals surface area contributed by atoms with Crippen molar-refractivity contribution in [2.24, 2.45) is 11.0 Å². The number of benzene rings is 2. The summed E-state index contributed by atoms with van der Waals surface area (Å²) in [5.74, 6) is -1.06. The minimum Gasteiger partial charge on any atom is -0.355 e. The molecule has 7 heteroatoms. The third-order valence-electron chi connectivity index (χ3n) is 5.68. The number of aryl methyl sites for hydroxylation is 2. The molecule has 1 aliphatic carbocycles. The molecule has 0 saturated heterocycles. The highest BCUT2D eigenvalue weighted by Gasteiger charge is 2.25. The standard InChI is InChI=1S/C24H29ClN4O2/c1-15-8-9-17(3)22(12-15)27-21-11-10-19(25)13-18(21)14-26-29-24(31)23(30)28-20-7-5-4-6-16(20)2/h8-14,16,20,27H,4-7H2,1-3H3,(H,28,30)(H,29,31)/b26-14-/t16-,20+/m0/s1. The van der Waals surface area contributed by atoms with Crippen molar-refractivity contribution < 1.29 is 9.59 Å². The van der Waals surface area contributed by atoms with Gasteiger partial charge in [0.1, 0.15) is 0 Å². The Kier molecular flexibility index (Phi) is 7.69. The summed E-state index contributed by atoms with van der Waals surface area (Å²) < 4.78 is 0. The topological polar surface area (TPSA) is 82.6 Å². The van der Waals surface area contributed by atoms with Crippen molar-refractivity contribution in [3.63, 3.8) is 0 Å². The lowest BCUT2D eigenvalue weighted by atomic mass is 9.86. The number of amides is 2. The van der Waals surface area contributed by atoms with Gasteiger partial charge in [-0.05, 0) is 68.0 Å². The highest BCUT2D eigenvalue weighted by Crippen LogP contribution is 2.26. The van der Waals surface area contributed by atoms with Gasteiger partial charge in [-0.25, -0.2) is 5.43 Å². The fourth-order valence-corrected chi connectivity index (χ4v) is 3.93. The van der Waals surface area contributed by atoms with Crippen LogP contribution >= 0.6 is 11.6 Å². The Bertz CT molecular complexity index is 990. The summed E-state index contributed by atoms with van der Waals surface area (Å²) in [6.45, 7) is 6.16. The summed E-state index contributed by atoms with van der Waals surface area (Å²) >= 11 is 6.15. The van der Waals surface area contributed by atoms with E-state index in [1.54, 1.807) is 12.1 Å². The predicted molar refractivity (Wildman–Crippen MR) is 126 cm³/mol. The Morgan fingerprint density at radius 2 is 1.81 bits per heavy atom. The van der Waals surface area contributed by atoms with Crippen LogP contribution in [0.4, 0.5) is 11.4 Å². The molecule has 6 nitrogen and oxygen atoms in total. The molecular weight excluding hydrogens is 412 g/mol. The van der Waals surface area contributed by atoms with Gasteiger partial charge in [-0.1, -0.05) is 43.5 Å². The van der Waals surface area contributed by atoms with Gasteiger partial charge < -0.3 is 10.6 Å². The van der Waals surface area contributed by atoms with Crippen molar-refractivity contribution in [3.8, 4) is 0 Å². The zero-order chi connectivity index (χ0) is 22.4. The molecule has 1 fully saturated rings. The number of carbonyl (C=O) groups is 2. The normalized spacial score (nSPS) is 18.6. The second-order valence-electron chi connectivity index (χ2n) is 8.22. The Labute approximate surface area is 188 Å². The highest BCUT2D eigenvalue weighted by molar-refractivity contribution is 6.35. The third kappa shape index (κ3) is 6.31. The molecule has 2 aromatic carbocycles. The molecule has 31 heavy (non-hydrogen) atoms. The van der Waals surface area contributed by atoms with Crippen LogP contribution in [0.25, 0.3) is 0 Å². The van der Waals surface area contributed by atoms with E-state index in [4.69, 9.17) is 11.6 Å². The Balaban J connectivity index is 1.66. The van der Waals surface area contributed by atoms with E-state index in [0.717, 1.165) is 41.8 Å². The highest BCUT2D eigenvalue weighted by atomic mass is 35.5. The van der Waals surface area contributed by atoms with E-state index in [-0.39, 0.29) is 6.04 Å².